The maximum Gasteiger partial charge on any atom is 0.323 e. The lowest BCUT2D eigenvalue weighted by Gasteiger charge is -2.10. The first-order chi connectivity index (χ1) is 11.7. The second kappa shape index (κ2) is 7.53. The molecule has 5 heteroatoms. The zero-order chi connectivity index (χ0) is 16.8. The Morgan fingerprint density at radius 2 is 1.25 bits per heavy atom. The van der Waals surface area contributed by atoms with Crippen molar-refractivity contribution in [1.82, 2.24) is 0 Å². The number of hydrogen-bond acceptors (Lipinski definition) is 2. The highest BCUT2D eigenvalue weighted by atomic mass is 35.5. The van der Waals surface area contributed by atoms with Crippen LogP contribution in [-0.4, -0.2) is 6.03 Å². The van der Waals surface area contributed by atoms with Gasteiger partial charge in [-0.2, -0.15) is 0 Å². The molecule has 120 valence electrons. The normalized spacial score (nSPS) is 10.0. The molecule has 3 rings (SSSR count). The summed E-state index contributed by atoms with van der Waals surface area (Å²) in [4.78, 5) is 12.0. The van der Waals surface area contributed by atoms with Crippen LogP contribution in [-0.2, 0) is 0 Å². The van der Waals surface area contributed by atoms with Crippen molar-refractivity contribution >= 4 is 40.4 Å². The van der Waals surface area contributed by atoms with Crippen LogP contribution in [0.5, 0.6) is 0 Å². The van der Waals surface area contributed by atoms with Crippen molar-refractivity contribution in [2.45, 2.75) is 0 Å². The lowest BCUT2D eigenvalue weighted by atomic mass is 10.2. The van der Waals surface area contributed by atoms with Crippen LogP contribution in [0.15, 0.2) is 78.9 Å². The molecule has 3 aromatic carbocycles. The molecule has 0 heterocycles. The van der Waals surface area contributed by atoms with Crippen molar-refractivity contribution in [3.05, 3.63) is 83.9 Å². The quantitative estimate of drug-likeness (QED) is 0.569. The monoisotopic (exact) mass is 337 g/mol. The van der Waals surface area contributed by atoms with E-state index in [0.29, 0.717) is 16.4 Å². The zero-order valence-corrected chi connectivity index (χ0v) is 13.5. The summed E-state index contributed by atoms with van der Waals surface area (Å²) in [7, 11) is 0. The molecule has 0 atom stereocenters. The Morgan fingerprint density at radius 3 is 1.96 bits per heavy atom. The van der Waals surface area contributed by atoms with E-state index >= 15 is 0 Å². The van der Waals surface area contributed by atoms with Crippen molar-refractivity contribution in [2.24, 2.45) is 0 Å². The Morgan fingerprint density at radius 1 is 0.667 bits per heavy atom. The molecule has 0 radical (unpaired) electrons. The lowest BCUT2D eigenvalue weighted by molar-refractivity contribution is 0.262. The second-order valence-corrected chi connectivity index (χ2v) is 5.59. The summed E-state index contributed by atoms with van der Waals surface area (Å²) in [6.45, 7) is 0. The van der Waals surface area contributed by atoms with Crippen LogP contribution < -0.4 is 16.0 Å². The van der Waals surface area contributed by atoms with Crippen molar-refractivity contribution in [2.75, 3.05) is 16.0 Å². The smallest absolute Gasteiger partial charge is 0.323 e. The van der Waals surface area contributed by atoms with E-state index in [1.165, 1.54) is 0 Å². The molecule has 4 nitrogen and oxygen atoms in total. The SMILES string of the molecule is O=C(Nc1ccc(Nc2ccccc2)cc1)Nc1cccc(Cl)c1. The van der Waals surface area contributed by atoms with Crippen LogP contribution in [0.4, 0.5) is 27.5 Å². The third-order valence-corrected chi connectivity index (χ3v) is 3.52. The van der Waals surface area contributed by atoms with Crippen LogP contribution >= 0.6 is 11.6 Å². The molecule has 0 unspecified atom stereocenters. The van der Waals surface area contributed by atoms with E-state index in [1.807, 2.05) is 54.6 Å². The van der Waals surface area contributed by atoms with Gasteiger partial charge in [0.1, 0.15) is 0 Å². The summed E-state index contributed by atoms with van der Waals surface area (Å²) in [5, 5.41) is 9.38. The van der Waals surface area contributed by atoms with Crippen molar-refractivity contribution in [3.63, 3.8) is 0 Å². The molecule has 0 aromatic heterocycles. The first-order valence-corrected chi connectivity index (χ1v) is 7.82. The maximum atomic E-state index is 12.0. The number of halogens is 1. The number of nitrogens with one attached hydrogen (secondary N) is 3. The summed E-state index contributed by atoms with van der Waals surface area (Å²) >= 11 is 5.89. The number of rotatable bonds is 4. The molecule has 0 aliphatic rings. The number of hydrogen-bond donors (Lipinski definition) is 3. The maximum absolute atomic E-state index is 12.0. The van der Waals surface area contributed by atoms with E-state index in [0.717, 1.165) is 11.4 Å². The van der Waals surface area contributed by atoms with Crippen LogP contribution in [0.1, 0.15) is 0 Å². The molecule has 3 aromatic rings. The number of anilines is 4. The van der Waals surface area contributed by atoms with E-state index in [4.69, 9.17) is 11.6 Å². The van der Waals surface area contributed by atoms with E-state index in [-0.39, 0.29) is 6.03 Å². The van der Waals surface area contributed by atoms with E-state index < -0.39 is 0 Å². The molecule has 3 N–H and O–H groups in total. The highest BCUT2D eigenvalue weighted by Crippen LogP contribution is 2.19. The minimum absolute atomic E-state index is 0.318. The van der Waals surface area contributed by atoms with Crippen LogP contribution in [0.25, 0.3) is 0 Å². The molecule has 24 heavy (non-hydrogen) atoms. The molecule has 0 aliphatic heterocycles. The molecular formula is C19H16ClN3O. The Balaban J connectivity index is 1.58. The molecule has 0 spiro atoms. The average Bonchev–Trinajstić information content (AvgIpc) is 2.57. The van der Waals surface area contributed by atoms with Gasteiger partial charge in [-0.1, -0.05) is 35.9 Å². The third kappa shape index (κ3) is 4.51. The standard InChI is InChI=1S/C19H16ClN3O/c20-14-5-4-8-18(13-14)23-19(24)22-17-11-9-16(10-12-17)21-15-6-2-1-3-7-15/h1-13,21H,(H2,22,23,24). The summed E-state index contributed by atoms with van der Waals surface area (Å²) < 4.78 is 0. The minimum atomic E-state index is -0.318. The molecular weight excluding hydrogens is 322 g/mol. The van der Waals surface area contributed by atoms with Gasteiger partial charge in [0.15, 0.2) is 0 Å². The van der Waals surface area contributed by atoms with Crippen LogP contribution in [0, 0.1) is 0 Å². The van der Waals surface area contributed by atoms with Gasteiger partial charge in [-0.15, -0.1) is 0 Å². The van der Waals surface area contributed by atoms with Gasteiger partial charge in [0.25, 0.3) is 0 Å². The third-order valence-electron chi connectivity index (χ3n) is 3.29. The van der Waals surface area contributed by atoms with Gasteiger partial charge < -0.3 is 16.0 Å². The Kier molecular flexibility index (Phi) is 4.99. The number of carbonyl (C=O) groups excluding carboxylic acids is 1. The predicted octanol–water partition coefficient (Wildman–Crippen LogP) is 5.73. The molecule has 2 amide bonds. The summed E-state index contributed by atoms with van der Waals surface area (Å²) in [5.74, 6) is 0. The van der Waals surface area contributed by atoms with Gasteiger partial charge >= 0.3 is 6.03 Å². The summed E-state index contributed by atoms with van der Waals surface area (Å²) in [6, 6.07) is 24.1. The number of carbonyl (C=O) groups is 1. The van der Waals surface area contributed by atoms with Gasteiger partial charge in [0, 0.05) is 27.8 Å². The number of benzene rings is 3. The largest absolute Gasteiger partial charge is 0.356 e. The molecule has 0 aliphatic carbocycles. The first-order valence-electron chi connectivity index (χ1n) is 7.45. The summed E-state index contributed by atoms with van der Waals surface area (Å²) in [5.41, 5.74) is 3.30. The second-order valence-electron chi connectivity index (χ2n) is 5.16. The average molecular weight is 338 g/mol. The Labute approximate surface area is 145 Å². The predicted molar refractivity (Wildman–Crippen MR) is 100 cm³/mol. The molecule has 0 fully saturated rings. The fourth-order valence-corrected chi connectivity index (χ4v) is 2.38. The first kappa shape index (κ1) is 15.9. The van der Waals surface area contributed by atoms with E-state index in [2.05, 4.69) is 16.0 Å². The molecule has 0 bridgehead atoms. The highest BCUT2D eigenvalue weighted by Gasteiger charge is 2.03. The Hall–Kier alpha value is -2.98. The fourth-order valence-electron chi connectivity index (χ4n) is 2.18. The van der Waals surface area contributed by atoms with Crippen molar-refractivity contribution in [1.29, 1.82) is 0 Å². The van der Waals surface area contributed by atoms with Gasteiger partial charge in [0.2, 0.25) is 0 Å². The van der Waals surface area contributed by atoms with Gasteiger partial charge in [-0.3, -0.25) is 0 Å². The number of para-hydroxylation sites is 1. The topological polar surface area (TPSA) is 53.2 Å². The zero-order valence-electron chi connectivity index (χ0n) is 12.8. The van der Waals surface area contributed by atoms with Crippen molar-refractivity contribution in [3.8, 4) is 0 Å². The minimum Gasteiger partial charge on any atom is -0.356 e. The van der Waals surface area contributed by atoms with Crippen LogP contribution in [0.2, 0.25) is 5.02 Å². The highest BCUT2D eigenvalue weighted by molar-refractivity contribution is 6.30. The van der Waals surface area contributed by atoms with Gasteiger partial charge in [-0.05, 0) is 54.6 Å². The number of urea groups is 1. The molecule has 0 saturated heterocycles. The van der Waals surface area contributed by atoms with Gasteiger partial charge in [0.05, 0.1) is 0 Å². The number of amides is 2. The summed E-state index contributed by atoms with van der Waals surface area (Å²) in [6.07, 6.45) is 0. The van der Waals surface area contributed by atoms with Crippen LogP contribution in [0.3, 0.4) is 0 Å². The molecule has 0 saturated carbocycles. The van der Waals surface area contributed by atoms with E-state index in [1.54, 1.807) is 24.3 Å². The lowest BCUT2D eigenvalue weighted by Crippen LogP contribution is -2.19. The Bertz CT molecular complexity index is 820. The fraction of sp³-hybridized carbons (Fsp3) is 0. The van der Waals surface area contributed by atoms with Crippen molar-refractivity contribution < 1.29 is 4.79 Å². The van der Waals surface area contributed by atoms with Gasteiger partial charge in [-0.25, -0.2) is 4.79 Å². The van der Waals surface area contributed by atoms with E-state index in [9.17, 15) is 4.79 Å².